The van der Waals surface area contributed by atoms with E-state index in [1.165, 1.54) is 25.1 Å². The van der Waals surface area contributed by atoms with Gasteiger partial charge in [-0.1, -0.05) is 11.6 Å². The molecule has 0 bridgehead atoms. The molecule has 0 saturated heterocycles. The van der Waals surface area contributed by atoms with Gasteiger partial charge in [-0.2, -0.15) is 4.80 Å². The standard InChI is InChI=1S/C22H27ClN6O5/c1-22(21(32-3)33-4)20(31)19(14-9-15(24)16(30)10-17(14)34-22)29(11-18-25-27-28(2)26-18)13-7-5-12(23)6-8-13/h5-10,19-21,30-31H,11,24H2,1-4H3. The van der Waals surface area contributed by atoms with Crippen LogP contribution >= 0.6 is 11.6 Å². The van der Waals surface area contributed by atoms with Crippen molar-refractivity contribution < 1.29 is 24.4 Å². The van der Waals surface area contributed by atoms with Crippen molar-refractivity contribution in [3.8, 4) is 11.5 Å². The zero-order chi connectivity index (χ0) is 24.6. The Bertz CT molecular complexity index is 1160. The van der Waals surface area contributed by atoms with Gasteiger partial charge in [-0.05, 0) is 42.5 Å². The van der Waals surface area contributed by atoms with Gasteiger partial charge in [0, 0.05) is 36.6 Å². The minimum absolute atomic E-state index is 0.142. The van der Waals surface area contributed by atoms with Crippen LogP contribution in [-0.4, -0.2) is 62.6 Å². The maximum atomic E-state index is 11.8. The van der Waals surface area contributed by atoms with Gasteiger partial charge in [-0.3, -0.25) is 0 Å². The number of rotatable bonds is 7. The molecule has 1 aliphatic heterocycles. The van der Waals surface area contributed by atoms with Crippen molar-refractivity contribution in [3.63, 3.8) is 0 Å². The number of fused-ring (bicyclic) bond motifs is 1. The molecule has 3 unspecified atom stereocenters. The maximum Gasteiger partial charge on any atom is 0.199 e. The van der Waals surface area contributed by atoms with Crippen molar-refractivity contribution in [1.82, 2.24) is 20.2 Å². The summed E-state index contributed by atoms with van der Waals surface area (Å²) >= 11 is 6.13. The molecule has 0 saturated carbocycles. The normalized spacial score (nSPS) is 21.9. The number of benzene rings is 2. The Morgan fingerprint density at radius 3 is 2.53 bits per heavy atom. The lowest BCUT2D eigenvalue weighted by Gasteiger charge is -2.50. The number of aryl methyl sites for hydroxylation is 1. The molecule has 0 spiro atoms. The maximum absolute atomic E-state index is 11.8. The fourth-order valence-electron chi connectivity index (χ4n) is 4.32. The average molecular weight is 491 g/mol. The highest BCUT2D eigenvalue weighted by Crippen LogP contribution is 2.48. The predicted molar refractivity (Wildman–Crippen MR) is 125 cm³/mol. The third-order valence-corrected chi connectivity index (χ3v) is 6.20. The van der Waals surface area contributed by atoms with Crippen LogP contribution in [0.4, 0.5) is 11.4 Å². The summed E-state index contributed by atoms with van der Waals surface area (Å²) in [7, 11) is 4.59. The number of nitrogen functional groups attached to an aromatic ring is 1. The molecule has 3 atom stereocenters. The Balaban J connectivity index is 1.91. The quantitative estimate of drug-likeness (QED) is 0.256. The number of nitrogens with two attached hydrogens (primary N) is 1. The molecule has 0 fully saturated rings. The predicted octanol–water partition coefficient (Wildman–Crippen LogP) is 2.03. The SMILES string of the molecule is COC(OC)C1(C)Oc2cc(O)c(N)cc2C(N(Cc2nnn(C)n2)c2ccc(Cl)cc2)C1O. The van der Waals surface area contributed by atoms with Gasteiger partial charge in [-0.25, -0.2) is 0 Å². The van der Waals surface area contributed by atoms with Crippen molar-refractivity contribution in [1.29, 1.82) is 0 Å². The minimum Gasteiger partial charge on any atom is -0.506 e. The molecule has 2 heterocycles. The van der Waals surface area contributed by atoms with E-state index in [0.717, 1.165) is 5.69 Å². The van der Waals surface area contributed by atoms with E-state index in [1.807, 2.05) is 17.0 Å². The number of anilines is 2. The lowest BCUT2D eigenvalue weighted by atomic mass is 9.83. The molecule has 11 nitrogen and oxygen atoms in total. The molecule has 12 heteroatoms. The topological polar surface area (TPSA) is 141 Å². The van der Waals surface area contributed by atoms with E-state index in [4.69, 9.17) is 31.5 Å². The number of hydrogen-bond acceptors (Lipinski definition) is 10. The summed E-state index contributed by atoms with van der Waals surface area (Å²) in [6, 6.07) is 9.42. The summed E-state index contributed by atoms with van der Waals surface area (Å²) in [5, 5.41) is 35.0. The fraction of sp³-hybridized carbons (Fsp3) is 0.409. The van der Waals surface area contributed by atoms with E-state index in [1.54, 1.807) is 32.2 Å². The number of hydrogen-bond donors (Lipinski definition) is 3. The van der Waals surface area contributed by atoms with Crippen LogP contribution in [0.5, 0.6) is 11.5 Å². The second-order valence-corrected chi connectivity index (χ2v) is 8.66. The van der Waals surface area contributed by atoms with Crippen LogP contribution in [0.3, 0.4) is 0 Å². The molecule has 1 aliphatic rings. The van der Waals surface area contributed by atoms with Crippen molar-refractivity contribution >= 4 is 23.0 Å². The third kappa shape index (κ3) is 4.23. The van der Waals surface area contributed by atoms with Crippen LogP contribution in [-0.2, 0) is 23.1 Å². The number of ether oxygens (including phenoxy) is 3. The Labute approximate surface area is 201 Å². The second kappa shape index (κ2) is 9.26. The van der Waals surface area contributed by atoms with Crippen LogP contribution in [0.1, 0.15) is 24.4 Å². The molecule has 0 aliphatic carbocycles. The number of aromatic nitrogens is 4. The number of aromatic hydroxyl groups is 1. The van der Waals surface area contributed by atoms with E-state index in [0.29, 0.717) is 22.2 Å². The van der Waals surface area contributed by atoms with Crippen molar-refractivity contribution in [2.75, 3.05) is 24.9 Å². The smallest absolute Gasteiger partial charge is 0.199 e. The average Bonchev–Trinajstić information content (AvgIpc) is 3.21. The molecule has 1 aromatic heterocycles. The third-order valence-electron chi connectivity index (χ3n) is 5.95. The minimum atomic E-state index is -1.36. The lowest BCUT2D eigenvalue weighted by molar-refractivity contribution is -0.237. The number of aliphatic hydroxyl groups excluding tert-OH is 1. The number of methoxy groups -OCH3 is 2. The summed E-state index contributed by atoms with van der Waals surface area (Å²) in [5.74, 6) is 0.618. The van der Waals surface area contributed by atoms with Crippen LogP contribution in [0.15, 0.2) is 36.4 Å². The molecule has 3 aromatic rings. The Morgan fingerprint density at radius 2 is 1.94 bits per heavy atom. The summed E-state index contributed by atoms with van der Waals surface area (Å²) in [4.78, 5) is 3.26. The molecular formula is C22H27ClN6O5. The van der Waals surface area contributed by atoms with Crippen molar-refractivity contribution in [2.24, 2.45) is 7.05 Å². The van der Waals surface area contributed by atoms with Crippen LogP contribution < -0.4 is 15.4 Å². The molecule has 2 aromatic carbocycles. The Kier molecular flexibility index (Phi) is 6.54. The van der Waals surface area contributed by atoms with E-state index in [2.05, 4.69) is 15.4 Å². The molecule has 4 N–H and O–H groups in total. The van der Waals surface area contributed by atoms with Gasteiger partial charge in [-0.15, -0.1) is 10.2 Å². The number of nitrogens with zero attached hydrogens (tertiary/aromatic N) is 5. The fourth-order valence-corrected chi connectivity index (χ4v) is 4.44. The van der Waals surface area contributed by atoms with Gasteiger partial charge in [0.2, 0.25) is 0 Å². The van der Waals surface area contributed by atoms with Crippen LogP contribution in [0, 0.1) is 0 Å². The van der Waals surface area contributed by atoms with Gasteiger partial charge in [0.25, 0.3) is 0 Å². The van der Waals surface area contributed by atoms with Gasteiger partial charge >= 0.3 is 0 Å². The Morgan fingerprint density at radius 1 is 1.26 bits per heavy atom. The first-order valence-corrected chi connectivity index (χ1v) is 10.9. The van der Waals surface area contributed by atoms with Crippen molar-refractivity contribution in [3.05, 3.63) is 52.8 Å². The number of phenolic OH excluding ortho intramolecular Hbond substituents is 1. The van der Waals surface area contributed by atoms with Gasteiger partial charge in [0.1, 0.15) is 17.6 Å². The monoisotopic (exact) mass is 490 g/mol. The summed E-state index contributed by atoms with van der Waals surface area (Å²) in [6.07, 6.45) is -2.11. The summed E-state index contributed by atoms with van der Waals surface area (Å²) in [6.45, 7) is 1.87. The van der Waals surface area contributed by atoms with Crippen LogP contribution in [0.25, 0.3) is 0 Å². The highest BCUT2D eigenvalue weighted by atomic mass is 35.5. The molecule has 182 valence electrons. The zero-order valence-corrected chi connectivity index (χ0v) is 20.0. The molecule has 4 rings (SSSR count). The molecule has 0 amide bonds. The first-order valence-electron chi connectivity index (χ1n) is 10.5. The zero-order valence-electron chi connectivity index (χ0n) is 19.2. The van der Waals surface area contributed by atoms with Gasteiger partial charge in [0.05, 0.1) is 25.3 Å². The first-order chi connectivity index (χ1) is 16.2. The highest BCUT2D eigenvalue weighted by Gasteiger charge is 2.54. The number of phenols is 1. The first kappa shape index (κ1) is 24.0. The second-order valence-electron chi connectivity index (χ2n) is 8.23. The van der Waals surface area contributed by atoms with Crippen LogP contribution in [0.2, 0.25) is 5.02 Å². The number of aliphatic hydroxyl groups is 1. The van der Waals surface area contributed by atoms with E-state index < -0.39 is 24.0 Å². The molecular weight excluding hydrogens is 464 g/mol. The van der Waals surface area contributed by atoms with E-state index in [9.17, 15) is 10.2 Å². The Hall–Kier alpha value is -3.12. The van der Waals surface area contributed by atoms with Gasteiger partial charge < -0.3 is 35.1 Å². The number of tetrazole rings is 1. The van der Waals surface area contributed by atoms with E-state index >= 15 is 0 Å². The van der Waals surface area contributed by atoms with Crippen molar-refractivity contribution in [2.45, 2.75) is 37.5 Å². The molecule has 34 heavy (non-hydrogen) atoms. The van der Waals surface area contributed by atoms with Gasteiger partial charge in [0.15, 0.2) is 17.7 Å². The number of halogens is 1. The van der Waals surface area contributed by atoms with E-state index in [-0.39, 0.29) is 18.0 Å². The summed E-state index contributed by atoms with van der Waals surface area (Å²) < 4.78 is 17.2. The largest absolute Gasteiger partial charge is 0.506 e. The molecule has 0 radical (unpaired) electrons. The highest BCUT2D eigenvalue weighted by molar-refractivity contribution is 6.30. The summed E-state index contributed by atoms with van der Waals surface area (Å²) in [5.41, 5.74) is 6.11. The lowest BCUT2D eigenvalue weighted by Crippen LogP contribution is -2.62.